The van der Waals surface area contributed by atoms with Crippen molar-refractivity contribution in [2.24, 2.45) is 0 Å². The van der Waals surface area contributed by atoms with Crippen LogP contribution in [0.15, 0.2) is 77.4 Å². The lowest BCUT2D eigenvalue weighted by Crippen LogP contribution is -2.43. The van der Waals surface area contributed by atoms with Crippen LogP contribution in [0, 0.1) is 5.82 Å². The van der Waals surface area contributed by atoms with Crippen LogP contribution in [-0.4, -0.2) is 47.9 Å². The van der Waals surface area contributed by atoms with E-state index in [9.17, 15) is 14.0 Å². The summed E-state index contributed by atoms with van der Waals surface area (Å²) >= 11 is 0. The fraction of sp³-hybridized carbons (Fsp3) is 0.308. The number of ether oxygens (including phenoxy) is 1. The predicted octanol–water partition coefficient (Wildman–Crippen LogP) is 4.52. The monoisotopic (exact) mass is 452 g/mol. The number of furan rings is 1. The van der Waals surface area contributed by atoms with Gasteiger partial charge in [0.15, 0.2) is 0 Å². The van der Waals surface area contributed by atoms with Gasteiger partial charge in [0.25, 0.3) is 5.91 Å². The van der Waals surface area contributed by atoms with E-state index in [1.54, 1.807) is 64.6 Å². The van der Waals surface area contributed by atoms with Crippen LogP contribution < -0.4 is 0 Å². The third-order valence-corrected chi connectivity index (χ3v) is 5.12. The van der Waals surface area contributed by atoms with E-state index >= 15 is 0 Å². The molecular weight excluding hydrogens is 423 g/mol. The van der Waals surface area contributed by atoms with Gasteiger partial charge in [0, 0.05) is 31.9 Å². The lowest BCUT2D eigenvalue weighted by atomic mass is 10.1. The summed E-state index contributed by atoms with van der Waals surface area (Å²) in [5.41, 5.74) is 1.31. The Morgan fingerprint density at radius 3 is 2.36 bits per heavy atom. The van der Waals surface area contributed by atoms with E-state index in [4.69, 9.17) is 9.15 Å². The van der Waals surface area contributed by atoms with Crippen molar-refractivity contribution in [3.63, 3.8) is 0 Å². The molecule has 0 radical (unpaired) electrons. The van der Waals surface area contributed by atoms with E-state index in [2.05, 4.69) is 0 Å². The van der Waals surface area contributed by atoms with Crippen LogP contribution in [0.2, 0.25) is 0 Å². The van der Waals surface area contributed by atoms with Crippen molar-refractivity contribution in [2.75, 3.05) is 26.3 Å². The van der Waals surface area contributed by atoms with Crippen LogP contribution in [0.5, 0.6) is 0 Å². The van der Waals surface area contributed by atoms with Gasteiger partial charge in [-0.2, -0.15) is 0 Å². The molecule has 1 heterocycles. The fourth-order valence-corrected chi connectivity index (χ4v) is 3.41. The highest BCUT2D eigenvalue weighted by molar-refractivity contribution is 5.96. The summed E-state index contributed by atoms with van der Waals surface area (Å²) in [6.45, 7) is 3.85. The van der Waals surface area contributed by atoms with Crippen molar-refractivity contribution in [1.82, 2.24) is 9.80 Å². The second-order valence-electron chi connectivity index (χ2n) is 7.60. The molecule has 33 heavy (non-hydrogen) atoms. The van der Waals surface area contributed by atoms with Crippen LogP contribution in [0.1, 0.15) is 35.0 Å². The Balaban J connectivity index is 1.76. The first kappa shape index (κ1) is 24.2. The summed E-state index contributed by atoms with van der Waals surface area (Å²) in [4.78, 5) is 29.7. The number of hydrogen-bond acceptors (Lipinski definition) is 4. The van der Waals surface area contributed by atoms with Crippen LogP contribution in [-0.2, 0) is 22.6 Å². The summed E-state index contributed by atoms with van der Waals surface area (Å²) in [6, 6.07) is 18.5. The summed E-state index contributed by atoms with van der Waals surface area (Å²) in [5.74, 6) is -0.143. The van der Waals surface area contributed by atoms with Gasteiger partial charge in [-0.25, -0.2) is 4.39 Å². The van der Waals surface area contributed by atoms with Gasteiger partial charge >= 0.3 is 0 Å². The van der Waals surface area contributed by atoms with Gasteiger partial charge < -0.3 is 19.0 Å². The molecule has 3 aromatic rings. The molecule has 0 saturated carbocycles. The lowest BCUT2D eigenvalue weighted by Gasteiger charge is -2.27. The van der Waals surface area contributed by atoms with Crippen LogP contribution >= 0.6 is 0 Å². The Morgan fingerprint density at radius 2 is 1.70 bits per heavy atom. The summed E-state index contributed by atoms with van der Waals surface area (Å²) < 4.78 is 24.2. The van der Waals surface area contributed by atoms with Crippen molar-refractivity contribution < 1.29 is 23.1 Å². The van der Waals surface area contributed by atoms with E-state index in [0.29, 0.717) is 37.5 Å². The Hall–Kier alpha value is -3.45. The number of carbonyl (C=O) groups excluding carboxylic acids is 2. The maximum absolute atomic E-state index is 13.4. The molecule has 0 spiro atoms. The van der Waals surface area contributed by atoms with Gasteiger partial charge in [-0.15, -0.1) is 0 Å². The molecule has 1 aromatic heterocycles. The molecule has 2 aromatic carbocycles. The zero-order valence-electron chi connectivity index (χ0n) is 18.8. The smallest absolute Gasteiger partial charge is 0.254 e. The molecule has 0 N–H and O–H groups in total. The molecule has 0 aliphatic heterocycles. The molecule has 0 saturated heterocycles. The Morgan fingerprint density at radius 1 is 0.939 bits per heavy atom. The number of amides is 2. The molecule has 0 atom stereocenters. The van der Waals surface area contributed by atoms with Crippen molar-refractivity contribution in [3.05, 3.63) is 95.7 Å². The number of rotatable bonds is 12. The van der Waals surface area contributed by atoms with Crippen molar-refractivity contribution in [2.45, 2.75) is 26.4 Å². The number of benzene rings is 2. The number of hydrogen-bond donors (Lipinski definition) is 0. The molecule has 174 valence electrons. The van der Waals surface area contributed by atoms with Gasteiger partial charge in [-0.3, -0.25) is 9.59 Å². The topological polar surface area (TPSA) is 63.0 Å². The van der Waals surface area contributed by atoms with Crippen LogP contribution in [0.4, 0.5) is 4.39 Å². The van der Waals surface area contributed by atoms with E-state index in [-0.39, 0.29) is 37.3 Å². The van der Waals surface area contributed by atoms with Gasteiger partial charge in [-0.1, -0.05) is 30.3 Å². The minimum atomic E-state index is -0.336. The van der Waals surface area contributed by atoms with E-state index in [0.717, 1.165) is 5.56 Å². The molecule has 3 rings (SSSR count). The molecule has 0 bridgehead atoms. The van der Waals surface area contributed by atoms with Crippen molar-refractivity contribution in [3.8, 4) is 0 Å². The first-order valence-corrected chi connectivity index (χ1v) is 11.0. The average molecular weight is 453 g/mol. The standard InChI is InChI=1S/C26H29FN2O4/c1-2-32-16-7-15-28(26(31)22-8-4-3-5-9-22)20-25(30)29(19-24-10-6-17-33-24)18-21-11-13-23(27)14-12-21/h3-6,8-14,17H,2,7,15-16,18-20H2,1H3. The van der Waals surface area contributed by atoms with Crippen molar-refractivity contribution in [1.29, 1.82) is 0 Å². The summed E-state index contributed by atoms with van der Waals surface area (Å²) in [5, 5.41) is 0. The first-order valence-electron chi connectivity index (χ1n) is 11.0. The van der Waals surface area contributed by atoms with Gasteiger partial charge in [0.2, 0.25) is 5.91 Å². The highest BCUT2D eigenvalue weighted by Crippen LogP contribution is 2.14. The minimum absolute atomic E-state index is 0.0816. The normalized spacial score (nSPS) is 10.7. The fourth-order valence-electron chi connectivity index (χ4n) is 3.41. The van der Waals surface area contributed by atoms with E-state index in [1.807, 2.05) is 13.0 Å². The van der Waals surface area contributed by atoms with Gasteiger partial charge in [-0.05, 0) is 55.3 Å². The first-order chi connectivity index (χ1) is 16.1. The zero-order valence-corrected chi connectivity index (χ0v) is 18.8. The van der Waals surface area contributed by atoms with Crippen LogP contribution in [0.3, 0.4) is 0 Å². The Bertz CT molecular complexity index is 991. The highest BCUT2D eigenvalue weighted by atomic mass is 19.1. The second-order valence-corrected chi connectivity index (χ2v) is 7.60. The third kappa shape index (κ3) is 7.57. The van der Waals surface area contributed by atoms with E-state index < -0.39 is 0 Å². The molecule has 2 amide bonds. The predicted molar refractivity (Wildman–Crippen MR) is 123 cm³/mol. The molecular formula is C26H29FN2O4. The Kier molecular flexibility index (Phi) is 9.20. The van der Waals surface area contributed by atoms with Gasteiger partial charge in [0.05, 0.1) is 12.8 Å². The maximum atomic E-state index is 13.4. The minimum Gasteiger partial charge on any atom is -0.467 e. The quantitative estimate of drug-likeness (QED) is 0.379. The Labute approximate surface area is 193 Å². The zero-order chi connectivity index (χ0) is 23.5. The molecule has 6 nitrogen and oxygen atoms in total. The van der Waals surface area contributed by atoms with Crippen molar-refractivity contribution >= 4 is 11.8 Å². The third-order valence-electron chi connectivity index (χ3n) is 5.12. The SMILES string of the molecule is CCOCCCN(CC(=O)N(Cc1ccc(F)cc1)Cc1ccco1)C(=O)c1ccccc1. The molecule has 0 fully saturated rings. The maximum Gasteiger partial charge on any atom is 0.254 e. The summed E-state index contributed by atoms with van der Waals surface area (Å²) in [7, 11) is 0. The molecule has 0 aliphatic rings. The highest BCUT2D eigenvalue weighted by Gasteiger charge is 2.23. The van der Waals surface area contributed by atoms with E-state index in [1.165, 1.54) is 12.1 Å². The molecule has 0 aliphatic carbocycles. The second kappa shape index (κ2) is 12.6. The molecule has 7 heteroatoms. The number of nitrogens with zero attached hydrogens (tertiary/aromatic N) is 2. The van der Waals surface area contributed by atoms with Gasteiger partial charge in [0.1, 0.15) is 18.1 Å². The summed E-state index contributed by atoms with van der Waals surface area (Å²) in [6.07, 6.45) is 2.17. The number of carbonyl (C=O) groups is 2. The average Bonchev–Trinajstić information content (AvgIpc) is 3.35. The van der Waals surface area contributed by atoms with Crippen LogP contribution in [0.25, 0.3) is 0 Å². The largest absolute Gasteiger partial charge is 0.467 e. The number of halogens is 1. The lowest BCUT2D eigenvalue weighted by molar-refractivity contribution is -0.133. The molecule has 0 unspecified atom stereocenters.